The summed E-state index contributed by atoms with van der Waals surface area (Å²) in [6, 6.07) is 0.0352. The van der Waals surface area contributed by atoms with Crippen LogP contribution in [0.1, 0.15) is 31.9 Å². The Bertz CT molecular complexity index is 513. The predicted molar refractivity (Wildman–Crippen MR) is 68.2 cm³/mol. The van der Waals surface area contributed by atoms with Crippen LogP contribution < -0.4 is 5.32 Å². The van der Waals surface area contributed by atoms with Gasteiger partial charge in [0.25, 0.3) is 0 Å². The number of nitrogens with zero attached hydrogens (tertiary/aromatic N) is 4. The van der Waals surface area contributed by atoms with E-state index in [1.807, 2.05) is 13.8 Å². The molecule has 1 aromatic heterocycles. The van der Waals surface area contributed by atoms with Gasteiger partial charge in [0.1, 0.15) is 0 Å². The van der Waals surface area contributed by atoms with Crippen LogP contribution in [0.5, 0.6) is 0 Å². The van der Waals surface area contributed by atoms with Crippen LogP contribution in [0.3, 0.4) is 0 Å². The molecule has 0 fully saturated rings. The summed E-state index contributed by atoms with van der Waals surface area (Å²) in [4.78, 5) is 13.6. The Kier molecular flexibility index (Phi) is 4.50. The Morgan fingerprint density at radius 1 is 1.38 bits per heavy atom. The van der Waals surface area contributed by atoms with Gasteiger partial charge in [-0.2, -0.15) is 13.2 Å². The Hall–Kier alpha value is -1.64. The van der Waals surface area contributed by atoms with Gasteiger partial charge in [0, 0.05) is 25.6 Å². The van der Waals surface area contributed by atoms with Gasteiger partial charge in [-0.15, -0.1) is 10.2 Å². The number of aromatic nitrogens is 3. The molecular weight excluding hydrogens is 287 g/mol. The smallest absolute Gasteiger partial charge is 0.333 e. The van der Waals surface area contributed by atoms with E-state index in [0.29, 0.717) is 6.42 Å². The zero-order chi connectivity index (χ0) is 15.6. The molecule has 1 aromatic rings. The van der Waals surface area contributed by atoms with Crippen LogP contribution in [0.2, 0.25) is 0 Å². The summed E-state index contributed by atoms with van der Waals surface area (Å²) in [7, 11) is 0. The lowest BCUT2D eigenvalue weighted by Crippen LogP contribution is -2.42. The third kappa shape index (κ3) is 3.52. The predicted octanol–water partition coefficient (Wildman–Crippen LogP) is 1.03. The van der Waals surface area contributed by atoms with Crippen molar-refractivity contribution in [2.75, 3.05) is 13.1 Å². The highest BCUT2D eigenvalue weighted by molar-refractivity contribution is 5.76. The molecule has 1 aliphatic heterocycles. The van der Waals surface area contributed by atoms with Gasteiger partial charge in [0.2, 0.25) is 11.7 Å². The van der Waals surface area contributed by atoms with Crippen LogP contribution in [0.25, 0.3) is 0 Å². The number of amides is 1. The average Bonchev–Trinajstić information content (AvgIpc) is 2.81. The normalized spacial score (nSPS) is 16.7. The largest absolute Gasteiger partial charge is 0.451 e. The third-order valence-corrected chi connectivity index (χ3v) is 3.39. The minimum atomic E-state index is -4.52. The fraction of sp³-hybridized carbons (Fsp3) is 0.750. The molecule has 0 saturated heterocycles. The molecule has 21 heavy (non-hydrogen) atoms. The average molecular weight is 305 g/mol. The second-order valence-corrected chi connectivity index (χ2v) is 5.07. The highest BCUT2D eigenvalue weighted by Gasteiger charge is 2.39. The van der Waals surface area contributed by atoms with Gasteiger partial charge in [0.15, 0.2) is 5.82 Å². The molecule has 0 bridgehead atoms. The van der Waals surface area contributed by atoms with Crippen molar-refractivity contribution in [2.45, 2.75) is 45.6 Å². The van der Waals surface area contributed by atoms with Crippen molar-refractivity contribution in [2.24, 2.45) is 0 Å². The highest BCUT2D eigenvalue weighted by Crippen LogP contribution is 2.29. The van der Waals surface area contributed by atoms with E-state index in [4.69, 9.17) is 0 Å². The van der Waals surface area contributed by atoms with E-state index >= 15 is 0 Å². The summed E-state index contributed by atoms with van der Waals surface area (Å²) in [5.41, 5.74) is 0. The van der Waals surface area contributed by atoms with Crippen LogP contribution in [0.4, 0.5) is 13.2 Å². The third-order valence-electron chi connectivity index (χ3n) is 3.39. The van der Waals surface area contributed by atoms with Crippen molar-refractivity contribution in [3.05, 3.63) is 11.6 Å². The molecule has 1 unspecified atom stereocenters. The quantitative estimate of drug-likeness (QED) is 0.902. The van der Waals surface area contributed by atoms with E-state index in [1.54, 1.807) is 0 Å². The van der Waals surface area contributed by atoms with Gasteiger partial charge in [-0.05, 0) is 13.5 Å². The Morgan fingerprint density at radius 3 is 2.71 bits per heavy atom. The first-order valence-electron chi connectivity index (χ1n) is 6.83. The van der Waals surface area contributed by atoms with Crippen molar-refractivity contribution in [1.82, 2.24) is 25.0 Å². The second kappa shape index (κ2) is 6.00. The maximum Gasteiger partial charge on any atom is 0.451 e. The molecule has 0 saturated carbocycles. The minimum Gasteiger partial charge on any atom is -0.333 e. The number of carbonyl (C=O) groups excluding carboxylic acids is 1. The molecule has 1 aliphatic rings. The fourth-order valence-electron chi connectivity index (χ4n) is 2.39. The fourth-order valence-corrected chi connectivity index (χ4v) is 2.39. The van der Waals surface area contributed by atoms with E-state index in [0.717, 1.165) is 11.1 Å². The number of fused-ring (bicyclic) bond motifs is 1. The molecule has 0 spiro atoms. The maximum absolute atomic E-state index is 12.7. The molecule has 0 radical (unpaired) electrons. The molecule has 1 N–H and O–H groups in total. The van der Waals surface area contributed by atoms with E-state index in [-0.39, 0.29) is 37.4 Å². The number of alkyl halides is 3. The lowest BCUT2D eigenvalue weighted by molar-refractivity contribution is -0.148. The van der Waals surface area contributed by atoms with Gasteiger partial charge < -0.3 is 14.8 Å². The lowest BCUT2D eigenvalue weighted by Gasteiger charge is -2.29. The topological polar surface area (TPSA) is 63.1 Å². The molecule has 0 aliphatic carbocycles. The van der Waals surface area contributed by atoms with Crippen molar-refractivity contribution in [1.29, 1.82) is 0 Å². The van der Waals surface area contributed by atoms with Gasteiger partial charge >= 0.3 is 6.18 Å². The molecule has 2 rings (SSSR count). The SMILES string of the molecule is CCNC(C)CC(=O)N1CCn2c(nnc2C(F)(F)F)C1. The van der Waals surface area contributed by atoms with Crippen LogP contribution in [-0.4, -0.2) is 44.7 Å². The molecule has 2 heterocycles. The van der Waals surface area contributed by atoms with Crippen molar-refractivity contribution in [3.63, 3.8) is 0 Å². The Balaban J connectivity index is 2.03. The summed E-state index contributed by atoms with van der Waals surface area (Å²) in [5, 5.41) is 9.87. The second-order valence-electron chi connectivity index (χ2n) is 5.07. The monoisotopic (exact) mass is 305 g/mol. The number of rotatable bonds is 4. The van der Waals surface area contributed by atoms with Crippen LogP contribution in [0.15, 0.2) is 0 Å². The molecule has 118 valence electrons. The molecule has 6 nitrogen and oxygen atoms in total. The van der Waals surface area contributed by atoms with Crippen molar-refractivity contribution >= 4 is 5.91 Å². The molecule has 9 heteroatoms. The van der Waals surface area contributed by atoms with E-state index in [1.165, 1.54) is 4.90 Å². The zero-order valence-electron chi connectivity index (χ0n) is 11.9. The lowest BCUT2D eigenvalue weighted by atomic mass is 10.2. The minimum absolute atomic E-state index is 0.0352. The van der Waals surface area contributed by atoms with Crippen LogP contribution >= 0.6 is 0 Å². The van der Waals surface area contributed by atoms with Crippen LogP contribution in [-0.2, 0) is 24.1 Å². The first-order chi connectivity index (χ1) is 9.82. The van der Waals surface area contributed by atoms with Gasteiger partial charge in [-0.3, -0.25) is 4.79 Å². The Labute approximate surface area is 120 Å². The highest BCUT2D eigenvalue weighted by atomic mass is 19.4. The number of nitrogens with one attached hydrogen (secondary N) is 1. The number of hydrogen-bond donors (Lipinski definition) is 1. The van der Waals surface area contributed by atoms with E-state index in [2.05, 4.69) is 15.5 Å². The van der Waals surface area contributed by atoms with Crippen molar-refractivity contribution in [3.8, 4) is 0 Å². The number of hydrogen-bond acceptors (Lipinski definition) is 4. The van der Waals surface area contributed by atoms with Crippen LogP contribution in [0, 0.1) is 0 Å². The number of halogens is 3. The van der Waals surface area contributed by atoms with Crippen molar-refractivity contribution < 1.29 is 18.0 Å². The number of carbonyl (C=O) groups is 1. The standard InChI is InChI=1S/C12H18F3N5O/c1-3-16-8(2)6-10(21)19-4-5-20-9(7-19)17-18-11(20)12(13,14)15/h8,16H,3-7H2,1-2H3. The summed E-state index contributed by atoms with van der Waals surface area (Å²) < 4.78 is 39.2. The molecule has 0 aromatic carbocycles. The summed E-state index contributed by atoms with van der Waals surface area (Å²) in [6.45, 7) is 4.99. The molecule has 1 atom stereocenters. The van der Waals surface area contributed by atoms with Gasteiger partial charge in [-0.25, -0.2) is 0 Å². The summed E-state index contributed by atoms with van der Waals surface area (Å²) in [5.74, 6) is -0.907. The summed E-state index contributed by atoms with van der Waals surface area (Å²) >= 11 is 0. The van der Waals surface area contributed by atoms with E-state index in [9.17, 15) is 18.0 Å². The zero-order valence-corrected chi connectivity index (χ0v) is 11.9. The van der Waals surface area contributed by atoms with Gasteiger partial charge in [0.05, 0.1) is 6.54 Å². The molecular formula is C12H18F3N5O. The first kappa shape index (κ1) is 15.7. The van der Waals surface area contributed by atoms with Gasteiger partial charge in [-0.1, -0.05) is 6.92 Å². The maximum atomic E-state index is 12.7. The Morgan fingerprint density at radius 2 is 2.10 bits per heavy atom. The first-order valence-corrected chi connectivity index (χ1v) is 6.83. The summed E-state index contributed by atoms with van der Waals surface area (Å²) in [6.07, 6.45) is -4.20. The van der Waals surface area contributed by atoms with E-state index < -0.39 is 12.0 Å². The molecule has 1 amide bonds.